The van der Waals surface area contributed by atoms with Crippen LogP contribution in [0, 0.1) is 11.7 Å². The van der Waals surface area contributed by atoms with Gasteiger partial charge in [-0.3, -0.25) is 14.5 Å². The Hall–Kier alpha value is -2.94. The zero-order chi connectivity index (χ0) is 25.2. The Labute approximate surface area is 216 Å². The molecule has 2 heterocycles. The summed E-state index contributed by atoms with van der Waals surface area (Å²) >= 11 is 13.0. The molecule has 36 heavy (non-hydrogen) atoms. The van der Waals surface area contributed by atoms with Crippen LogP contribution in [0.5, 0.6) is 0 Å². The van der Waals surface area contributed by atoms with Gasteiger partial charge in [0.15, 0.2) is 0 Å². The maximum atomic E-state index is 14.1. The Morgan fingerprint density at radius 1 is 1.19 bits per heavy atom. The number of nitrogens with two attached hydrogens (primary N) is 1. The van der Waals surface area contributed by atoms with E-state index in [9.17, 15) is 14.0 Å². The van der Waals surface area contributed by atoms with Gasteiger partial charge < -0.3 is 15.0 Å². The van der Waals surface area contributed by atoms with Gasteiger partial charge in [0.1, 0.15) is 23.0 Å². The number of fused-ring (bicyclic) bond motifs is 2. The van der Waals surface area contributed by atoms with Gasteiger partial charge in [-0.2, -0.15) is 0 Å². The number of amides is 2. The summed E-state index contributed by atoms with van der Waals surface area (Å²) in [6, 6.07) is 9.16. The fraction of sp³-hybridized carbons (Fsp3) is 0.346. The van der Waals surface area contributed by atoms with Gasteiger partial charge in [0.05, 0.1) is 22.2 Å². The SMILES string of the molecule is NC(=O)c1cc(N2C(=O)[C@@H]3CC[C@]2(OCc2c(-c4c(Cl)cccc4Cl)noc2C2CC2)C3)ccc1F. The van der Waals surface area contributed by atoms with E-state index < -0.39 is 17.4 Å². The van der Waals surface area contributed by atoms with Crippen LogP contribution >= 0.6 is 23.2 Å². The first kappa shape index (κ1) is 23.5. The Morgan fingerprint density at radius 2 is 1.94 bits per heavy atom. The lowest BCUT2D eigenvalue weighted by Crippen LogP contribution is -2.49. The van der Waals surface area contributed by atoms with Gasteiger partial charge in [0, 0.05) is 35.1 Å². The van der Waals surface area contributed by atoms with E-state index in [4.69, 9.17) is 38.2 Å². The number of halogens is 3. The van der Waals surface area contributed by atoms with E-state index in [1.54, 1.807) is 23.1 Å². The van der Waals surface area contributed by atoms with Crippen LogP contribution in [0.3, 0.4) is 0 Å². The lowest BCUT2D eigenvalue weighted by Gasteiger charge is -2.38. The lowest BCUT2D eigenvalue weighted by molar-refractivity contribution is -0.125. The molecule has 1 saturated heterocycles. The van der Waals surface area contributed by atoms with Crippen molar-refractivity contribution >= 4 is 40.7 Å². The topological polar surface area (TPSA) is 98.7 Å². The molecular formula is C26H22Cl2FN3O4. The number of nitrogens with zero attached hydrogens (tertiary/aromatic N) is 2. The van der Waals surface area contributed by atoms with Crippen molar-refractivity contribution in [1.29, 1.82) is 0 Å². The molecule has 2 N–H and O–H groups in total. The highest BCUT2D eigenvalue weighted by Gasteiger charge is 2.57. The van der Waals surface area contributed by atoms with E-state index in [-0.39, 0.29) is 29.9 Å². The number of ether oxygens (including phenoxy) is 1. The number of anilines is 1. The van der Waals surface area contributed by atoms with Crippen LogP contribution in [0.15, 0.2) is 40.9 Å². The first-order valence-corrected chi connectivity index (χ1v) is 12.5. The summed E-state index contributed by atoms with van der Waals surface area (Å²) in [6.45, 7) is 0.118. The summed E-state index contributed by atoms with van der Waals surface area (Å²) in [6.07, 6.45) is 3.74. The zero-order valence-electron chi connectivity index (χ0n) is 19.1. The van der Waals surface area contributed by atoms with Gasteiger partial charge >= 0.3 is 0 Å². The molecule has 0 spiro atoms. The van der Waals surface area contributed by atoms with E-state index in [2.05, 4.69) is 5.16 Å². The second-order valence-corrected chi connectivity index (χ2v) is 10.4. The third-order valence-electron chi connectivity index (χ3n) is 7.35. The number of carbonyl (C=O) groups excluding carboxylic acids is 2. The molecule has 3 aromatic rings. The van der Waals surface area contributed by atoms with Crippen molar-refractivity contribution in [2.45, 2.75) is 50.4 Å². The van der Waals surface area contributed by atoms with Crippen LogP contribution in [-0.4, -0.2) is 22.7 Å². The van der Waals surface area contributed by atoms with Crippen LogP contribution < -0.4 is 10.6 Å². The van der Waals surface area contributed by atoms with Crippen molar-refractivity contribution in [1.82, 2.24) is 5.16 Å². The molecule has 2 amide bonds. The van der Waals surface area contributed by atoms with E-state index in [0.717, 1.165) is 30.2 Å². The minimum atomic E-state index is -0.950. The molecule has 6 rings (SSSR count). The smallest absolute Gasteiger partial charge is 0.251 e. The van der Waals surface area contributed by atoms with Gasteiger partial charge in [-0.15, -0.1) is 0 Å². The molecule has 7 nitrogen and oxygen atoms in total. The molecular weight excluding hydrogens is 508 g/mol. The van der Waals surface area contributed by atoms with Crippen molar-refractivity contribution in [3.05, 3.63) is 69.1 Å². The molecule has 3 aliphatic rings. The van der Waals surface area contributed by atoms with E-state index in [1.807, 2.05) is 0 Å². The molecule has 2 saturated carbocycles. The fourth-order valence-electron chi connectivity index (χ4n) is 5.44. The Kier molecular flexibility index (Phi) is 5.59. The second kappa shape index (κ2) is 8.57. The number of primary amides is 1. The number of rotatable bonds is 7. The molecule has 0 radical (unpaired) electrons. The first-order valence-electron chi connectivity index (χ1n) is 11.8. The summed E-state index contributed by atoms with van der Waals surface area (Å²) in [5.41, 5.74) is 6.34. The number of hydrogen-bond donors (Lipinski definition) is 1. The zero-order valence-corrected chi connectivity index (χ0v) is 20.6. The van der Waals surface area contributed by atoms with E-state index in [1.165, 1.54) is 12.1 Å². The maximum Gasteiger partial charge on any atom is 0.251 e. The molecule has 1 aliphatic heterocycles. The van der Waals surface area contributed by atoms with Crippen molar-refractivity contribution in [3.63, 3.8) is 0 Å². The first-order chi connectivity index (χ1) is 17.3. The van der Waals surface area contributed by atoms with Gasteiger partial charge in [0.2, 0.25) is 5.91 Å². The van der Waals surface area contributed by atoms with Crippen LogP contribution in [0.1, 0.15) is 59.7 Å². The third kappa shape index (κ3) is 3.70. The summed E-state index contributed by atoms with van der Waals surface area (Å²) in [4.78, 5) is 26.5. The molecule has 3 fully saturated rings. The van der Waals surface area contributed by atoms with Crippen molar-refractivity contribution in [2.75, 3.05) is 4.90 Å². The standard InChI is InChI=1S/C26H22Cl2FN3O4/c27-18-2-1-3-19(28)21(18)22-17(23(36-31-22)13-4-5-13)12-35-26-9-8-14(11-26)25(34)32(26)15-6-7-20(29)16(10-15)24(30)33/h1-3,6-7,10,13-14H,4-5,8-9,11-12H2,(H2,30,33)/t14-,26+/m1/s1. The number of aromatic nitrogens is 1. The van der Waals surface area contributed by atoms with Crippen LogP contribution in [0.4, 0.5) is 10.1 Å². The number of carbonyl (C=O) groups is 2. The summed E-state index contributed by atoms with van der Waals surface area (Å²) in [5.74, 6) is -0.990. The van der Waals surface area contributed by atoms with E-state index in [0.29, 0.717) is 46.3 Å². The van der Waals surface area contributed by atoms with Crippen LogP contribution in [0.2, 0.25) is 10.0 Å². The van der Waals surface area contributed by atoms with Gasteiger partial charge in [-0.1, -0.05) is 34.4 Å². The average Bonchev–Trinajstić information content (AvgIpc) is 3.37. The fourth-order valence-corrected chi connectivity index (χ4v) is 6.02. The average molecular weight is 530 g/mol. The molecule has 2 aliphatic carbocycles. The Bertz CT molecular complexity index is 1390. The molecule has 186 valence electrons. The number of benzene rings is 2. The monoisotopic (exact) mass is 529 g/mol. The molecule has 2 bridgehead atoms. The molecule has 0 unspecified atom stereocenters. The molecule has 2 aromatic carbocycles. The summed E-state index contributed by atoms with van der Waals surface area (Å²) in [5, 5.41) is 5.20. The van der Waals surface area contributed by atoms with Gasteiger partial charge in [-0.25, -0.2) is 4.39 Å². The van der Waals surface area contributed by atoms with Crippen LogP contribution in [0.25, 0.3) is 11.3 Å². The number of hydrogen-bond acceptors (Lipinski definition) is 5. The van der Waals surface area contributed by atoms with Gasteiger partial charge in [0.25, 0.3) is 5.91 Å². The quantitative estimate of drug-likeness (QED) is 0.415. The minimum Gasteiger partial charge on any atom is -0.366 e. The van der Waals surface area contributed by atoms with Crippen molar-refractivity contribution in [2.24, 2.45) is 11.7 Å². The number of piperidine rings is 1. The van der Waals surface area contributed by atoms with E-state index >= 15 is 0 Å². The van der Waals surface area contributed by atoms with Gasteiger partial charge in [-0.05, 0) is 56.0 Å². The minimum absolute atomic E-state index is 0.118. The highest BCUT2D eigenvalue weighted by Crippen LogP contribution is 2.52. The summed E-state index contributed by atoms with van der Waals surface area (Å²) in [7, 11) is 0. The predicted molar refractivity (Wildman–Crippen MR) is 131 cm³/mol. The van der Waals surface area contributed by atoms with Crippen molar-refractivity contribution in [3.8, 4) is 11.3 Å². The second-order valence-electron chi connectivity index (χ2n) is 9.62. The highest BCUT2D eigenvalue weighted by molar-refractivity contribution is 6.39. The molecule has 2 atom stereocenters. The maximum absolute atomic E-state index is 14.1. The molecule has 10 heteroatoms. The highest BCUT2D eigenvalue weighted by atomic mass is 35.5. The summed E-state index contributed by atoms with van der Waals surface area (Å²) < 4.78 is 26.5. The molecule has 1 aromatic heterocycles. The van der Waals surface area contributed by atoms with Crippen molar-refractivity contribution < 1.29 is 23.2 Å². The van der Waals surface area contributed by atoms with Crippen LogP contribution in [-0.2, 0) is 16.1 Å². The normalized spacial score (nSPS) is 23.0. The third-order valence-corrected chi connectivity index (χ3v) is 7.98. The Balaban J connectivity index is 1.37. The largest absolute Gasteiger partial charge is 0.366 e. The lowest BCUT2D eigenvalue weighted by atomic mass is 10.0. The Morgan fingerprint density at radius 3 is 2.64 bits per heavy atom. The predicted octanol–water partition coefficient (Wildman–Crippen LogP) is 5.82.